The lowest BCUT2D eigenvalue weighted by Crippen LogP contribution is -2.36. The van der Waals surface area contributed by atoms with Gasteiger partial charge in [-0.3, -0.25) is 0 Å². The van der Waals surface area contributed by atoms with Gasteiger partial charge in [0.25, 0.3) is 0 Å². The molecule has 1 fully saturated rings. The van der Waals surface area contributed by atoms with Gasteiger partial charge in [0.15, 0.2) is 0 Å². The predicted molar refractivity (Wildman–Crippen MR) is 67.2 cm³/mol. The van der Waals surface area contributed by atoms with Crippen LogP contribution in [-0.2, 0) is 4.74 Å². The van der Waals surface area contributed by atoms with Gasteiger partial charge in [-0.25, -0.2) is 4.39 Å². The van der Waals surface area contributed by atoms with E-state index >= 15 is 0 Å². The van der Waals surface area contributed by atoms with Crippen molar-refractivity contribution in [1.82, 2.24) is 0 Å². The average molecular weight is 314 g/mol. The van der Waals surface area contributed by atoms with Gasteiger partial charge in [-0.05, 0) is 36.6 Å². The highest BCUT2D eigenvalue weighted by Crippen LogP contribution is 2.42. The molecule has 5 heteroatoms. The number of hydrogen-bond donors (Lipinski definition) is 1. The summed E-state index contributed by atoms with van der Waals surface area (Å²) in [6.45, 7) is 0.772. The van der Waals surface area contributed by atoms with E-state index in [1.807, 2.05) is 0 Å². The van der Waals surface area contributed by atoms with Crippen LogP contribution in [0.4, 0.5) is 4.39 Å². The number of hydrogen-bond acceptors (Lipinski definition) is 3. The maximum absolute atomic E-state index is 13.3. The van der Waals surface area contributed by atoms with E-state index in [9.17, 15) is 14.8 Å². The number of aliphatic hydroxyl groups excluding tert-OH is 1. The van der Waals surface area contributed by atoms with Crippen LogP contribution < -0.4 is 0 Å². The standard InChI is InChI=1S/C13H13BrFNO2/c14-11-3-2-9(15)6-10(11)12(17)13(7-16)4-1-5-18-8-13/h2-3,6,12,17H,1,4-5,8H2. The van der Waals surface area contributed by atoms with E-state index in [1.165, 1.54) is 18.2 Å². The Balaban J connectivity index is 2.37. The van der Waals surface area contributed by atoms with Gasteiger partial charge in [-0.2, -0.15) is 5.26 Å². The van der Waals surface area contributed by atoms with Crippen LogP contribution in [0.1, 0.15) is 24.5 Å². The topological polar surface area (TPSA) is 53.2 Å². The molecule has 96 valence electrons. The first kappa shape index (κ1) is 13.5. The fourth-order valence-corrected chi connectivity index (χ4v) is 2.67. The van der Waals surface area contributed by atoms with Gasteiger partial charge in [0, 0.05) is 11.1 Å². The van der Waals surface area contributed by atoms with Crippen LogP contribution in [0.5, 0.6) is 0 Å². The Bertz CT molecular complexity index is 480. The Hall–Kier alpha value is -0.960. The Morgan fingerprint density at radius 1 is 1.56 bits per heavy atom. The first-order valence-electron chi connectivity index (χ1n) is 5.71. The van der Waals surface area contributed by atoms with Crippen LogP contribution in [0.2, 0.25) is 0 Å². The molecule has 0 radical (unpaired) electrons. The quantitative estimate of drug-likeness (QED) is 0.913. The van der Waals surface area contributed by atoms with Crippen LogP contribution in [-0.4, -0.2) is 18.3 Å². The van der Waals surface area contributed by atoms with Crippen molar-refractivity contribution in [3.8, 4) is 6.07 Å². The maximum Gasteiger partial charge on any atom is 0.123 e. The molecule has 0 saturated carbocycles. The van der Waals surface area contributed by atoms with Crippen molar-refractivity contribution in [3.63, 3.8) is 0 Å². The van der Waals surface area contributed by atoms with Crippen molar-refractivity contribution < 1.29 is 14.2 Å². The number of halogens is 2. The molecular weight excluding hydrogens is 301 g/mol. The van der Waals surface area contributed by atoms with Crippen molar-refractivity contribution in [2.24, 2.45) is 5.41 Å². The third-order valence-corrected chi connectivity index (χ3v) is 3.99. The van der Waals surface area contributed by atoms with Crippen molar-refractivity contribution in [3.05, 3.63) is 34.1 Å². The zero-order chi connectivity index (χ0) is 13.2. The molecule has 3 nitrogen and oxygen atoms in total. The molecule has 2 unspecified atom stereocenters. The van der Waals surface area contributed by atoms with E-state index in [-0.39, 0.29) is 6.61 Å². The number of benzene rings is 1. The van der Waals surface area contributed by atoms with Crippen LogP contribution in [0, 0.1) is 22.6 Å². The molecule has 0 aliphatic carbocycles. The minimum absolute atomic E-state index is 0.174. The van der Waals surface area contributed by atoms with Gasteiger partial charge in [0.1, 0.15) is 17.3 Å². The van der Waals surface area contributed by atoms with Gasteiger partial charge in [-0.1, -0.05) is 15.9 Å². The minimum atomic E-state index is -1.06. The van der Waals surface area contributed by atoms with E-state index in [0.29, 0.717) is 23.1 Å². The Labute approximate surface area is 113 Å². The van der Waals surface area contributed by atoms with Gasteiger partial charge >= 0.3 is 0 Å². The maximum atomic E-state index is 13.3. The third kappa shape index (κ3) is 2.41. The summed E-state index contributed by atoms with van der Waals surface area (Å²) in [6, 6.07) is 6.23. The van der Waals surface area contributed by atoms with Crippen molar-refractivity contribution in [1.29, 1.82) is 5.26 Å². The van der Waals surface area contributed by atoms with Crippen molar-refractivity contribution in [2.45, 2.75) is 18.9 Å². The summed E-state index contributed by atoms with van der Waals surface area (Å²) in [5, 5.41) is 19.7. The SMILES string of the molecule is N#CC1(C(O)c2cc(F)ccc2Br)CCCOC1. The first-order valence-corrected chi connectivity index (χ1v) is 6.50. The normalized spacial score (nSPS) is 25.4. The fraction of sp³-hybridized carbons (Fsp3) is 0.462. The summed E-state index contributed by atoms with van der Waals surface area (Å²) in [5.74, 6) is -0.433. The number of aliphatic hydroxyl groups is 1. The van der Waals surface area contributed by atoms with E-state index in [2.05, 4.69) is 22.0 Å². The summed E-state index contributed by atoms with van der Waals surface area (Å²) in [6.07, 6.45) is 0.207. The smallest absolute Gasteiger partial charge is 0.123 e. The third-order valence-electron chi connectivity index (χ3n) is 3.27. The van der Waals surface area contributed by atoms with Crippen molar-refractivity contribution >= 4 is 15.9 Å². The van der Waals surface area contributed by atoms with Crippen LogP contribution in [0.3, 0.4) is 0 Å². The second-order valence-corrected chi connectivity index (χ2v) is 5.35. The van der Waals surface area contributed by atoms with Crippen molar-refractivity contribution in [2.75, 3.05) is 13.2 Å². The average Bonchev–Trinajstić information content (AvgIpc) is 2.41. The molecule has 2 rings (SSSR count). The highest BCUT2D eigenvalue weighted by Gasteiger charge is 2.42. The van der Waals surface area contributed by atoms with E-state index in [4.69, 9.17) is 4.74 Å². The zero-order valence-electron chi connectivity index (χ0n) is 9.70. The highest BCUT2D eigenvalue weighted by atomic mass is 79.9. The summed E-state index contributed by atoms with van der Waals surface area (Å²) in [5.41, 5.74) is -0.601. The molecule has 0 aromatic heterocycles. The van der Waals surface area contributed by atoms with Gasteiger partial charge in [0.05, 0.1) is 12.7 Å². The number of nitriles is 1. The van der Waals surface area contributed by atoms with E-state index < -0.39 is 17.3 Å². The second kappa shape index (κ2) is 5.35. The lowest BCUT2D eigenvalue weighted by atomic mass is 9.76. The number of ether oxygens (including phenoxy) is 1. The molecule has 2 atom stereocenters. The van der Waals surface area contributed by atoms with Gasteiger partial charge in [-0.15, -0.1) is 0 Å². The fourth-order valence-electron chi connectivity index (χ4n) is 2.20. The Morgan fingerprint density at radius 2 is 2.33 bits per heavy atom. The molecule has 1 aromatic rings. The summed E-state index contributed by atoms with van der Waals surface area (Å²) >= 11 is 3.27. The lowest BCUT2D eigenvalue weighted by molar-refractivity contribution is -0.0509. The number of rotatable bonds is 2. The lowest BCUT2D eigenvalue weighted by Gasteiger charge is -2.35. The molecule has 18 heavy (non-hydrogen) atoms. The molecule has 1 N–H and O–H groups in total. The summed E-state index contributed by atoms with van der Waals surface area (Å²) < 4.78 is 19.1. The molecule has 1 saturated heterocycles. The largest absolute Gasteiger partial charge is 0.387 e. The number of nitrogens with zero attached hydrogens (tertiary/aromatic N) is 1. The molecule has 0 amide bonds. The molecule has 1 aromatic carbocycles. The highest BCUT2D eigenvalue weighted by molar-refractivity contribution is 9.10. The molecule has 1 aliphatic heterocycles. The molecule has 0 bridgehead atoms. The second-order valence-electron chi connectivity index (χ2n) is 4.49. The Kier molecular flexibility index (Phi) is 4.00. The minimum Gasteiger partial charge on any atom is -0.387 e. The van der Waals surface area contributed by atoms with Crippen LogP contribution in [0.25, 0.3) is 0 Å². The van der Waals surface area contributed by atoms with Crippen LogP contribution >= 0.6 is 15.9 Å². The molecule has 1 heterocycles. The van der Waals surface area contributed by atoms with E-state index in [0.717, 1.165) is 6.42 Å². The predicted octanol–water partition coefficient (Wildman–Crippen LogP) is 2.94. The molecule has 0 spiro atoms. The summed E-state index contributed by atoms with van der Waals surface area (Å²) in [7, 11) is 0. The monoisotopic (exact) mass is 313 g/mol. The van der Waals surface area contributed by atoms with E-state index in [1.54, 1.807) is 0 Å². The first-order chi connectivity index (χ1) is 8.59. The van der Waals surface area contributed by atoms with Crippen LogP contribution in [0.15, 0.2) is 22.7 Å². The zero-order valence-corrected chi connectivity index (χ0v) is 11.3. The van der Waals surface area contributed by atoms with Gasteiger partial charge in [0.2, 0.25) is 0 Å². The molecule has 1 aliphatic rings. The van der Waals surface area contributed by atoms with Gasteiger partial charge < -0.3 is 9.84 Å². The molecular formula is C13H13BrFNO2. The Morgan fingerprint density at radius 3 is 2.94 bits per heavy atom. The summed E-state index contributed by atoms with van der Waals surface area (Å²) in [4.78, 5) is 0.